The fourth-order valence-electron chi connectivity index (χ4n) is 6.30. The largest absolute Gasteiger partial charge is 0.474 e. The lowest BCUT2D eigenvalue weighted by Gasteiger charge is -2.57. The number of pyridine rings is 2. The molecule has 0 aliphatic heterocycles. The van der Waals surface area contributed by atoms with Crippen molar-refractivity contribution in [3.8, 4) is 17.0 Å². The van der Waals surface area contributed by atoms with Crippen molar-refractivity contribution in [1.29, 1.82) is 0 Å². The number of nitrogens with one attached hydrogen (secondary N) is 1. The highest BCUT2D eigenvalue weighted by Gasteiger charge is 2.54. The zero-order valence-electron chi connectivity index (χ0n) is 21.1. The zero-order chi connectivity index (χ0) is 26.0. The minimum Gasteiger partial charge on any atom is -0.474 e. The van der Waals surface area contributed by atoms with Gasteiger partial charge in [0.05, 0.1) is 29.2 Å². The number of ether oxygens (including phenoxy) is 1. The molecule has 3 fully saturated rings. The Labute approximate surface area is 219 Å². The van der Waals surface area contributed by atoms with Crippen molar-refractivity contribution >= 4 is 17.3 Å². The van der Waals surface area contributed by atoms with Crippen molar-refractivity contribution in [2.75, 3.05) is 0 Å². The number of aryl methyl sites for hydroxylation is 1. The molecule has 3 saturated carbocycles. The normalized spacial score (nSPS) is 24.1. The third kappa shape index (κ3) is 3.82. The Morgan fingerprint density at radius 1 is 1.08 bits per heavy atom. The Morgan fingerprint density at radius 2 is 1.89 bits per heavy atom. The number of carbonyl (C=O) groups is 2. The second kappa shape index (κ2) is 8.41. The van der Waals surface area contributed by atoms with Crippen molar-refractivity contribution in [2.45, 2.75) is 56.6 Å². The van der Waals surface area contributed by atoms with Gasteiger partial charge in [0.2, 0.25) is 5.88 Å². The van der Waals surface area contributed by atoms with Crippen LogP contribution in [0.3, 0.4) is 0 Å². The molecular formula is C28H29N7O3. The van der Waals surface area contributed by atoms with Gasteiger partial charge in [0, 0.05) is 42.5 Å². The number of aromatic nitrogens is 5. The van der Waals surface area contributed by atoms with Gasteiger partial charge in [-0.3, -0.25) is 14.3 Å². The standard InChI is InChI=1S/C28H29N7O3/c1-34-15-17(13-31-34)20-6-7-23-22(14-32-35(23)24(20)16-4-5-16)26(37)33-18-9-28(10-18)11-19(12-28)38-27-21(25(29)36)3-2-8-30-27/h2-3,6-8,13-16,18-19H,4-5,9-12H2,1H3,(H2,29,36)(H,33,37). The summed E-state index contributed by atoms with van der Waals surface area (Å²) in [4.78, 5) is 29.0. The number of nitrogens with zero attached hydrogens (tertiary/aromatic N) is 5. The van der Waals surface area contributed by atoms with Crippen LogP contribution in [0.5, 0.6) is 5.88 Å². The van der Waals surface area contributed by atoms with E-state index in [2.05, 4.69) is 26.6 Å². The van der Waals surface area contributed by atoms with Crippen molar-refractivity contribution in [1.82, 2.24) is 29.7 Å². The summed E-state index contributed by atoms with van der Waals surface area (Å²) < 4.78 is 9.71. The smallest absolute Gasteiger partial charge is 0.255 e. The Morgan fingerprint density at radius 3 is 2.61 bits per heavy atom. The van der Waals surface area contributed by atoms with Gasteiger partial charge in [-0.25, -0.2) is 9.50 Å². The van der Waals surface area contributed by atoms with Crippen LogP contribution >= 0.6 is 0 Å². The number of carbonyl (C=O) groups excluding carboxylic acids is 2. The van der Waals surface area contributed by atoms with Crippen LogP contribution in [0.2, 0.25) is 0 Å². The van der Waals surface area contributed by atoms with E-state index in [0.717, 1.165) is 60.9 Å². The van der Waals surface area contributed by atoms with Crippen LogP contribution in [0, 0.1) is 5.41 Å². The molecule has 0 aromatic carbocycles. The predicted octanol–water partition coefficient (Wildman–Crippen LogP) is 3.23. The Balaban J connectivity index is 1.01. The number of nitrogens with two attached hydrogens (primary N) is 1. The topological polar surface area (TPSA) is 129 Å². The SMILES string of the molecule is Cn1cc(-c2ccc3c(C(=O)NC4CC5(C4)CC(Oc4ncccc4C(N)=O)C5)cnn3c2C2CC2)cn1. The van der Waals surface area contributed by atoms with Crippen molar-refractivity contribution in [3.05, 3.63) is 65.9 Å². The highest BCUT2D eigenvalue weighted by Crippen LogP contribution is 2.57. The molecule has 4 aromatic rings. The van der Waals surface area contributed by atoms with Crippen molar-refractivity contribution in [3.63, 3.8) is 0 Å². The first kappa shape index (κ1) is 22.9. The van der Waals surface area contributed by atoms with Crippen LogP contribution < -0.4 is 15.8 Å². The molecule has 1 spiro atoms. The molecule has 0 saturated heterocycles. The number of hydrogen-bond donors (Lipinski definition) is 2. The van der Waals surface area contributed by atoms with Gasteiger partial charge >= 0.3 is 0 Å². The molecule has 10 heteroatoms. The van der Waals surface area contributed by atoms with Crippen LogP contribution in [-0.2, 0) is 7.05 Å². The molecule has 4 heterocycles. The van der Waals surface area contributed by atoms with E-state index in [1.54, 1.807) is 29.2 Å². The van der Waals surface area contributed by atoms with Crippen LogP contribution in [0.25, 0.3) is 16.6 Å². The maximum Gasteiger partial charge on any atom is 0.255 e. The Hall–Kier alpha value is -4.21. The minimum atomic E-state index is -0.543. The van der Waals surface area contributed by atoms with Crippen LogP contribution in [-0.4, -0.2) is 48.3 Å². The summed E-state index contributed by atoms with van der Waals surface area (Å²) in [7, 11) is 1.91. The summed E-state index contributed by atoms with van der Waals surface area (Å²) in [6.07, 6.45) is 13.0. The molecule has 7 rings (SSSR count). The summed E-state index contributed by atoms with van der Waals surface area (Å²) in [5.74, 6) is 0.130. The fourth-order valence-corrected chi connectivity index (χ4v) is 6.30. The average molecular weight is 512 g/mol. The highest BCUT2D eigenvalue weighted by atomic mass is 16.5. The molecule has 38 heavy (non-hydrogen) atoms. The summed E-state index contributed by atoms with van der Waals surface area (Å²) in [5.41, 5.74) is 10.7. The monoisotopic (exact) mass is 511 g/mol. The zero-order valence-corrected chi connectivity index (χ0v) is 21.1. The number of hydrogen-bond acceptors (Lipinski definition) is 6. The van der Waals surface area contributed by atoms with E-state index in [4.69, 9.17) is 10.5 Å². The van der Waals surface area contributed by atoms with Gasteiger partial charge < -0.3 is 15.8 Å². The van der Waals surface area contributed by atoms with Gasteiger partial charge in [-0.2, -0.15) is 10.2 Å². The molecule has 0 bridgehead atoms. The van der Waals surface area contributed by atoms with E-state index >= 15 is 0 Å². The predicted molar refractivity (Wildman–Crippen MR) is 139 cm³/mol. The van der Waals surface area contributed by atoms with Crippen molar-refractivity contribution in [2.24, 2.45) is 18.2 Å². The summed E-state index contributed by atoms with van der Waals surface area (Å²) in [6, 6.07) is 7.51. The molecule has 10 nitrogen and oxygen atoms in total. The van der Waals surface area contributed by atoms with E-state index in [1.165, 1.54) is 0 Å². The second-order valence-corrected chi connectivity index (χ2v) is 11.1. The lowest BCUT2D eigenvalue weighted by molar-refractivity contribution is -0.0848. The molecule has 0 atom stereocenters. The third-order valence-corrected chi connectivity index (χ3v) is 8.27. The number of rotatable bonds is 7. The molecule has 3 aliphatic carbocycles. The molecule has 0 radical (unpaired) electrons. The summed E-state index contributed by atoms with van der Waals surface area (Å²) in [5, 5.41) is 12.2. The van der Waals surface area contributed by atoms with E-state index < -0.39 is 5.91 Å². The van der Waals surface area contributed by atoms with E-state index in [1.807, 2.05) is 30.0 Å². The third-order valence-electron chi connectivity index (χ3n) is 8.27. The van der Waals surface area contributed by atoms with Crippen LogP contribution in [0.15, 0.2) is 49.1 Å². The first-order valence-corrected chi connectivity index (χ1v) is 13.1. The second-order valence-electron chi connectivity index (χ2n) is 11.1. The molecule has 3 aliphatic rings. The molecule has 2 amide bonds. The minimum absolute atomic E-state index is 0.00845. The van der Waals surface area contributed by atoms with Gasteiger partial charge in [-0.1, -0.05) is 6.07 Å². The van der Waals surface area contributed by atoms with Crippen LogP contribution in [0.1, 0.15) is 70.9 Å². The molecule has 3 N–H and O–H groups in total. The average Bonchev–Trinajstić information content (AvgIpc) is 3.45. The summed E-state index contributed by atoms with van der Waals surface area (Å²) in [6.45, 7) is 0. The quantitative estimate of drug-likeness (QED) is 0.392. The maximum atomic E-state index is 13.2. The van der Waals surface area contributed by atoms with Gasteiger partial charge in [0.25, 0.3) is 11.8 Å². The number of amides is 2. The van der Waals surface area contributed by atoms with E-state index in [0.29, 0.717) is 22.9 Å². The van der Waals surface area contributed by atoms with Gasteiger partial charge in [0.1, 0.15) is 11.7 Å². The van der Waals surface area contributed by atoms with Crippen molar-refractivity contribution < 1.29 is 14.3 Å². The Kier molecular flexibility index (Phi) is 5.08. The Bertz CT molecular complexity index is 1570. The first-order chi connectivity index (χ1) is 18.4. The van der Waals surface area contributed by atoms with E-state index in [9.17, 15) is 9.59 Å². The fraction of sp³-hybridized carbons (Fsp3) is 0.393. The number of fused-ring (bicyclic) bond motifs is 1. The summed E-state index contributed by atoms with van der Waals surface area (Å²) >= 11 is 0. The molecule has 4 aromatic heterocycles. The highest BCUT2D eigenvalue weighted by molar-refractivity contribution is 6.01. The van der Waals surface area contributed by atoms with Gasteiger partial charge in [-0.05, 0) is 62.1 Å². The maximum absolute atomic E-state index is 13.2. The van der Waals surface area contributed by atoms with E-state index in [-0.39, 0.29) is 23.5 Å². The molecular weight excluding hydrogens is 482 g/mol. The number of primary amides is 1. The van der Waals surface area contributed by atoms with Gasteiger partial charge in [-0.15, -0.1) is 0 Å². The lowest BCUT2D eigenvalue weighted by atomic mass is 9.53. The lowest BCUT2D eigenvalue weighted by Crippen LogP contribution is -2.58. The first-order valence-electron chi connectivity index (χ1n) is 13.1. The molecule has 0 unspecified atom stereocenters. The van der Waals surface area contributed by atoms with Gasteiger partial charge in [0.15, 0.2) is 0 Å². The molecule has 194 valence electrons. The van der Waals surface area contributed by atoms with Crippen LogP contribution in [0.4, 0.5) is 0 Å².